The molecule has 4 heteroatoms. The summed E-state index contributed by atoms with van der Waals surface area (Å²) in [6.07, 6.45) is 5.93. The van der Waals surface area contributed by atoms with Crippen LogP contribution >= 0.6 is 0 Å². The van der Waals surface area contributed by atoms with Crippen LogP contribution in [0.2, 0.25) is 0 Å². The molecule has 0 bridgehead atoms. The number of methoxy groups -OCH3 is 1. The maximum Gasteiger partial charge on any atom is 0.293 e. The Balaban J connectivity index is 2.04. The highest BCUT2D eigenvalue weighted by Crippen LogP contribution is 2.36. The van der Waals surface area contributed by atoms with Gasteiger partial charge in [-0.05, 0) is 38.0 Å². The van der Waals surface area contributed by atoms with Crippen LogP contribution in [-0.2, 0) is 4.74 Å². The van der Waals surface area contributed by atoms with E-state index >= 15 is 0 Å². The van der Waals surface area contributed by atoms with E-state index in [9.17, 15) is 4.79 Å². The molecule has 0 saturated carbocycles. The van der Waals surface area contributed by atoms with Crippen molar-refractivity contribution >= 4 is 11.0 Å². The van der Waals surface area contributed by atoms with Gasteiger partial charge in [-0.3, -0.25) is 4.79 Å². The second-order valence-electron chi connectivity index (χ2n) is 7.00. The Labute approximate surface area is 147 Å². The summed E-state index contributed by atoms with van der Waals surface area (Å²) in [6.45, 7) is 8.32. The predicted octanol–water partition coefficient (Wildman–Crippen LogP) is 4.50. The van der Waals surface area contributed by atoms with Gasteiger partial charge in [0.15, 0.2) is 0 Å². The largest absolute Gasteiger partial charge is 0.460 e. The van der Waals surface area contributed by atoms with Crippen LogP contribution in [0, 0.1) is 6.92 Å². The molecule has 0 amide bonds. The summed E-state index contributed by atoms with van der Waals surface area (Å²) in [5, 5.41) is 0.633. The fourth-order valence-corrected chi connectivity index (χ4v) is 3.00. The molecule has 0 aliphatic carbocycles. The average Bonchev–Trinajstić information content (AvgIpc) is 2.56. The summed E-state index contributed by atoms with van der Waals surface area (Å²) >= 11 is 0. The van der Waals surface area contributed by atoms with Gasteiger partial charge >= 0.3 is 0 Å². The van der Waals surface area contributed by atoms with Gasteiger partial charge in [0.25, 0.3) is 5.95 Å². The van der Waals surface area contributed by atoms with E-state index in [1.807, 2.05) is 58.1 Å². The molecule has 0 spiro atoms. The Morgan fingerprint density at radius 2 is 2.08 bits per heavy atom. The molecule has 1 aromatic carbocycles. The molecule has 132 valence electrons. The molecule has 25 heavy (non-hydrogen) atoms. The molecule has 0 fully saturated rings. The molecule has 1 aliphatic rings. The molecular formula is C21H24O4. The number of ether oxygens (including phenoxy) is 2. The summed E-state index contributed by atoms with van der Waals surface area (Å²) in [7, 11) is 1.68. The third-order valence-corrected chi connectivity index (χ3v) is 4.82. The van der Waals surface area contributed by atoms with Crippen molar-refractivity contribution in [1.82, 2.24) is 0 Å². The van der Waals surface area contributed by atoms with Gasteiger partial charge in [0.05, 0.1) is 16.6 Å². The zero-order chi connectivity index (χ0) is 18.2. The zero-order valence-corrected chi connectivity index (χ0v) is 15.4. The quantitative estimate of drug-likeness (QED) is 0.825. The lowest BCUT2D eigenvalue weighted by molar-refractivity contribution is 0.0656. The van der Waals surface area contributed by atoms with Crippen molar-refractivity contribution in [2.45, 2.75) is 39.2 Å². The SMILES string of the molecule is COC(C)(C)C=CC=C1COc2oc3cccc(C)c3c(=O)c2C1C. The summed E-state index contributed by atoms with van der Waals surface area (Å²) in [5.41, 5.74) is 2.78. The number of rotatable bonds is 3. The maximum atomic E-state index is 13.0. The molecule has 1 aliphatic heterocycles. The van der Waals surface area contributed by atoms with Gasteiger partial charge in [0.1, 0.15) is 12.2 Å². The first-order chi connectivity index (χ1) is 11.8. The third-order valence-electron chi connectivity index (χ3n) is 4.82. The summed E-state index contributed by atoms with van der Waals surface area (Å²) in [5.74, 6) is 0.285. The van der Waals surface area contributed by atoms with Gasteiger partial charge in [0.2, 0.25) is 5.43 Å². The molecule has 0 radical (unpaired) electrons. The van der Waals surface area contributed by atoms with E-state index in [4.69, 9.17) is 13.9 Å². The summed E-state index contributed by atoms with van der Waals surface area (Å²) < 4.78 is 17.0. The van der Waals surface area contributed by atoms with Crippen LogP contribution in [0.1, 0.15) is 37.8 Å². The van der Waals surface area contributed by atoms with Crippen LogP contribution in [0.15, 0.2) is 51.2 Å². The summed E-state index contributed by atoms with van der Waals surface area (Å²) in [4.78, 5) is 13.0. The first-order valence-electron chi connectivity index (χ1n) is 8.46. The minimum absolute atomic E-state index is 0.00588. The highest BCUT2D eigenvalue weighted by molar-refractivity contribution is 5.81. The van der Waals surface area contributed by atoms with Crippen LogP contribution in [0.3, 0.4) is 0 Å². The van der Waals surface area contributed by atoms with Crippen LogP contribution in [-0.4, -0.2) is 19.3 Å². The predicted molar refractivity (Wildman–Crippen MR) is 99.4 cm³/mol. The van der Waals surface area contributed by atoms with E-state index in [0.717, 1.165) is 11.1 Å². The van der Waals surface area contributed by atoms with Gasteiger partial charge in [0, 0.05) is 13.0 Å². The normalized spacial score (nSPS) is 19.4. The van der Waals surface area contributed by atoms with Crippen molar-refractivity contribution in [3.05, 3.63) is 63.4 Å². The number of allylic oxidation sites excluding steroid dienone is 2. The topological polar surface area (TPSA) is 48.7 Å². The Morgan fingerprint density at radius 3 is 2.80 bits per heavy atom. The van der Waals surface area contributed by atoms with E-state index in [1.54, 1.807) is 13.2 Å². The van der Waals surface area contributed by atoms with Crippen molar-refractivity contribution in [2.24, 2.45) is 0 Å². The first kappa shape index (κ1) is 17.5. The number of hydrogen-bond acceptors (Lipinski definition) is 4. The van der Waals surface area contributed by atoms with E-state index in [2.05, 4.69) is 0 Å². The Hall–Kier alpha value is -2.33. The Kier molecular flexibility index (Phi) is 4.56. The maximum absolute atomic E-state index is 13.0. The van der Waals surface area contributed by atoms with Gasteiger partial charge in [-0.25, -0.2) is 0 Å². The van der Waals surface area contributed by atoms with E-state index in [1.165, 1.54) is 0 Å². The number of benzene rings is 1. The Morgan fingerprint density at radius 1 is 1.32 bits per heavy atom. The van der Waals surface area contributed by atoms with Crippen LogP contribution in [0.4, 0.5) is 0 Å². The van der Waals surface area contributed by atoms with Gasteiger partial charge in [-0.1, -0.05) is 37.3 Å². The second kappa shape index (κ2) is 6.52. The fraction of sp³-hybridized carbons (Fsp3) is 0.381. The monoisotopic (exact) mass is 340 g/mol. The highest BCUT2D eigenvalue weighted by atomic mass is 16.6. The molecule has 1 atom stereocenters. The van der Waals surface area contributed by atoms with Crippen LogP contribution in [0.25, 0.3) is 11.0 Å². The van der Waals surface area contributed by atoms with Gasteiger partial charge in [-0.2, -0.15) is 0 Å². The lowest BCUT2D eigenvalue weighted by Gasteiger charge is -2.24. The summed E-state index contributed by atoms with van der Waals surface area (Å²) in [6, 6.07) is 5.61. The molecule has 2 aromatic rings. The first-order valence-corrected chi connectivity index (χ1v) is 8.46. The standard InChI is InChI=1S/C21H24O4/c1-13-8-6-10-16-17(13)19(22)18-14(2)15(12-24-20(18)25-16)9-7-11-21(3,4)23-5/h6-11,14H,12H2,1-5H3. The van der Waals surface area contributed by atoms with Crippen LogP contribution < -0.4 is 10.2 Å². The number of fused-ring (bicyclic) bond motifs is 2. The Bertz CT molecular complexity index is 915. The molecular weight excluding hydrogens is 316 g/mol. The molecule has 2 heterocycles. The van der Waals surface area contributed by atoms with Crippen molar-refractivity contribution in [3.8, 4) is 5.95 Å². The second-order valence-corrected chi connectivity index (χ2v) is 7.00. The molecule has 1 aromatic heterocycles. The highest BCUT2D eigenvalue weighted by Gasteiger charge is 2.28. The molecule has 1 unspecified atom stereocenters. The van der Waals surface area contributed by atoms with E-state index in [0.29, 0.717) is 29.1 Å². The lowest BCUT2D eigenvalue weighted by atomic mass is 9.90. The third kappa shape index (κ3) is 3.27. The van der Waals surface area contributed by atoms with Crippen molar-refractivity contribution in [3.63, 3.8) is 0 Å². The number of hydrogen-bond donors (Lipinski definition) is 0. The van der Waals surface area contributed by atoms with Crippen molar-refractivity contribution in [1.29, 1.82) is 0 Å². The van der Waals surface area contributed by atoms with Crippen molar-refractivity contribution in [2.75, 3.05) is 13.7 Å². The zero-order valence-electron chi connectivity index (χ0n) is 15.4. The average molecular weight is 340 g/mol. The van der Waals surface area contributed by atoms with Crippen LogP contribution in [0.5, 0.6) is 5.95 Å². The number of aryl methyl sites for hydroxylation is 1. The van der Waals surface area contributed by atoms with E-state index in [-0.39, 0.29) is 16.9 Å². The van der Waals surface area contributed by atoms with Gasteiger partial charge in [-0.15, -0.1) is 0 Å². The smallest absolute Gasteiger partial charge is 0.293 e. The minimum atomic E-state index is -0.333. The molecule has 0 saturated heterocycles. The van der Waals surface area contributed by atoms with Gasteiger partial charge < -0.3 is 13.9 Å². The van der Waals surface area contributed by atoms with Crippen molar-refractivity contribution < 1.29 is 13.9 Å². The van der Waals surface area contributed by atoms with E-state index < -0.39 is 0 Å². The minimum Gasteiger partial charge on any atom is -0.460 e. The lowest BCUT2D eigenvalue weighted by Crippen LogP contribution is -2.23. The molecule has 4 nitrogen and oxygen atoms in total. The fourth-order valence-electron chi connectivity index (χ4n) is 3.00. The molecule has 3 rings (SSSR count). The molecule has 0 N–H and O–H groups in total.